The zero-order valence-electron chi connectivity index (χ0n) is 9.71. The Bertz CT molecular complexity index is 300. The maximum Gasteiger partial charge on any atom is 0.404 e. The third-order valence-corrected chi connectivity index (χ3v) is 5.62. The minimum Gasteiger partial charge on any atom is -0.465 e. The summed E-state index contributed by atoms with van der Waals surface area (Å²) >= 11 is 0. The van der Waals surface area contributed by atoms with Crippen molar-refractivity contribution >= 4 is 16.9 Å². The molecule has 7 heteroatoms. The zero-order chi connectivity index (χ0) is 12.5. The molecule has 0 aromatic heterocycles. The van der Waals surface area contributed by atoms with Gasteiger partial charge in [0.2, 0.25) is 0 Å². The number of hydrogen-bond donors (Lipinski definition) is 4. The Balaban J connectivity index is 2.07. The Kier molecular flexibility index (Phi) is 3.82. The smallest absolute Gasteiger partial charge is 0.404 e. The van der Waals surface area contributed by atoms with E-state index in [1.54, 1.807) is 4.31 Å². The van der Waals surface area contributed by atoms with Crippen molar-refractivity contribution in [2.75, 3.05) is 12.3 Å². The van der Waals surface area contributed by atoms with Gasteiger partial charge in [-0.25, -0.2) is 9.10 Å². The standard InChI is InChI=1S/C10H20N2O4S/c13-10(14)11-8-4-1-2-5-9(8)12-6-3-7-17(12,15)16/h8-9,11,15-16H,1-7H2,(H,13,14)/t8-,9-/m1/s1. The van der Waals surface area contributed by atoms with Crippen molar-refractivity contribution in [2.45, 2.75) is 44.2 Å². The van der Waals surface area contributed by atoms with E-state index in [1.165, 1.54) is 0 Å². The van der Waals surface area contributed by atoms with Crippen molar-refractivity contribution in [1.82, 2.24) is 9.62 Å². The predicted molar refractivity (Wildman–Crippen MR) is 66.2 cm³/mol. The van der Waals surface area contributed by atoms with Crippen LogP contribution in [0.1, 0.15) is 32.1 Å². The summed E-state index contributed by atoms with van der Waals surface area (Å²) in [5, 5.41) is 11.3. The lowest BCUT2D eigenvalue weighted by atomic mass is 9.90. The molecule has 2 atom stereocenters. The van der Waals surface area contributed by atoms with Crippen molar-refractivity contribution in [3.05, 3.63) is 0 Å². The predicted octanol–water partition coefficient (Wildman–Crippen LogP) is 1.94. The number of amides is 1. The van der Waals surface area contributed by atoms with E-state index in [0.717, 1.165) is 32.1 Å². The first kappa shape index (κ1) is 12.9. The molecule has 0 aromatic rings. The molecule has 4 N–H and O–H groups in total. The van der Waals surface area contributed by atoms with Crippen LogP contribution in [-0.2, 0) is 0 Å². The van der Waals surface area contributed by atoms with Crippen LogP contribution in [0.3, 0.4) is 0 Å². The highest BCUT2D eigenvalue weighted by molar-refractivity contribution is 8.22. The van der Waals surface area contributed by atoms with Crippen LogP contribution in [0.15, 0.2) is 0 Å². The van der Waals surface area contributed by atoms with Crippen LogP contribution in [-0.4, -0.2) is 49.0 Å². The van der Waals surface area contributed by atoms with Gasteiger partial charge in [0.05, 0.1) is 5.75 Å². The maximum atomic E-state index is 10.7. The quantitative estimate of drug-likeness (QED) is 0.611. The molecule has 1 saturated carbocycles. The molecule has 1 heterocycles. The van der Waals surface area contributed by atoms with Gasteiger partial charge in [0, 0.05) is 18.6 Å². The summed E-state index contributed by atoms with van der Waals surface area (Å²) in [6.07, 6.45) is 3.38. The summed E-state index contributed by atoms with van der Waals surface area (Å²) < 4.78 is 21.6. The minimum atomic E-state index is -2.66. The first-order chi connectivity index (χ1) is 8.00. The Morgan fingerprint density at radius 1 is 1.24 bits per heavy atom. The maximum absolute atomic E-state index is 10.7. The lowest BCUT2D eigenvalue weighted by Gasteiger charge is -2.46. The van der Waals surface area contributed by atoms with Gasteiger partial charge in [-0.15, -0.1) is 10.8 Å². The van der Waals surface area contributed by atoms with Gasteiger partial charge in [-0.1, -0.05) is 12.8 Å². The summed E-state index contributed by atoms with van der Waals surface area (Å²) in [7, 11) is -2.66. The normalized spacial score (nSPS) is 35.4. The summed E-state index contributed by atoms with van der Waals surface area (Å²) in [5.41, 5.74) is 0. The second kappa shape index (κ2) is 5.01. The monoisotopic (exact) mass is 264 g/mol. The van der Waals surface area contributed by atoms with E-state index >= 15 is 0 Å². The lowest BCUT2D eigenvalue weighted by molar-refractivity contribution is 0.161. The fourth-order valence-corrected chi connectivity index (χ4v) is 4.70. The van der Waals surface area contributed by atoms with Crippen LogP contribution in [0.25, 0.3) is 0 Å². The van der Waals surface area contributed by atoms with Gasteiger partial charge in [0.25, 0.3) is 0 Å². The van der Waals surface area contributed by atoms with Crippen LogP contribution < -0.4 is 5.32 Å². The highest BCUT2D eigenvalue weighted by Crippen LogP contribution is 2.51. The topological polar surface area (TPSA) is 93.0 Å². The Hall–Kier alpha value is -0.500. The molecule has 6 nitrogen and oxygen atoms in total. The van der Waals surface area contributed by atoms with Crippen molar-refractivity contribution < 1.29 is 19.0 Å². The lowest BCUT2D eigenvalue weighted by Crippen LogP contribution is -2.52. The third-order valence-electron chi connectivity index (χ3n) is 3.58. The van der Waals surface area contributed by atoms with E-state index in [9.17, 15) is 13.9 Å². The molecule has 1 saturated heterocycles. The van der Waals surface area contributed by atoms with Crippen LogP contribution in [0.4, 0.5) is 4.79 Å². The van der Waals surface area contributed by atoms with Crippen LogP contribution >= 0.6 is 10.8 Å². The van der Waals surface area contributed by atoms with E-state index in [1.807, 2.05) is 0 Å². The molecule has 0 bridgehead atoms. The molecule has 0 aromatic carbocycles. The summed E-state index contributed by atoms with van der Waals surface area (Å²) in [4.78, 5) is 10.7. The molecule has 1 aliphatic heterocycles. The van der Waals surface area contributed by atoms with Gasteiger partial charge in [-0.05, 0) is 19.3 Å². The van der Waals surface area contributed by atoms with E-state index in [0.29, 0.717) is 12.3 Å². The Morgan fingerprint density at radius 3 is 2.53 bits per heavy atom. The molecule has 1 amide bonds. The van der Waals surface area contributed by atoms with Crippen molar-refractivity contribution in [3.8, 4) is 0 Å². The van der Waals surface area contributed by atoms with E-state index < -0.39 is 16.9 Å². The number of carbonyl (C=O) groups is 1. The summed E-state index contributed by atoms with van der Waals surface area (Å²) in [5.74, 6) is 0.420. The van der Waals surface area contributed by atoms with Gasteiger partial charge in [-0.3, -0.25) is 9.11 Å². The highest BCUT2D eigenvalue weighted by atomic mass is 32.3. The molecule has 0 spiro atoms. The van der Waals surface area contributed by atoms with Gasteiger partial charge >= 0.3 is 6.09 Å². The Labute approximate surface area is 102 Å². The highest BCUT2D eigenvalue weighted by Gasteiger charge is 2.40. The first-order valence-corrected chi connectivity index (χ1v) is 7.70. The minimum absolute atomic E-state index is 0.0626. The molecule has 2 rings (SSSR count). The van der Waals surface area contributed by atoms with Crippen molar-refractivity contribution in [1.29, 1.82) is 0 Å². The van der Waals surface area contributed by atoms with Gasteiger partial charge in [0.1, 0.15) is 0 Å². The third kappa shape index (κ3) is 2.85. The number of nitrogens with zero attached hydrogens (tertiary/aromatic N) is 1. The number of rotatable bonds is 2. The molecule has 0 unspecified atom stereocenters. The number of hydrogen-bond acceptors (Lipinski definition) is 4. The molecule has 2 fully saturated rings. The second-order valence-corrected chi connectivity index (χ2v) is 6.88. The average Bonchev–Trinajstić information content (AvgIpc) is 2.58. The Morgan fingerprint density at radius 2 is 1.94 bits per heavy atom. The molecule has 1 aliphatic carbocycles. The average molecular weight is 264 g/mol. The zero-order valence-corrected chi connectivity index (χ0v) is 10.5. The van der Waals surface area contributed by atoms with Crippen molar-refractivity contribution in [3.63, 3.8) is 0 Å². The molecule has 17 heavy (non-hydrogen) atoms. The molecular formula is C10H20N2O4S. The number of carboxylic acid groups (broad SMARTS) is 1. The second-order valence-electron chi connectivity index (χ2n) is 4.74. The van der Waals surface area contributed by atoms with E-state index in [4.69, 9.17) is 5.11 Å². The fourth-order valence-electron chi connectivity index (χ4n) is 2.84. The van der Waals surface area contributed by atoms with Gasteiger partial charge in [-0.2, -0.15) is 0 Å². The molecular weight excluding hydrogens is 244 g/mol. The summed E-state index contributed by atoms with van der Waals surface area (Å²) in [6, 6.07) is -0.238. The van der Waals surface area contributed by atoms with Gasteiger partial charge < -0.3 is 10.4 Å². The van der Waals surface area contributed by atoms with Crippen LogP contribution in [0, 0.1) is 0 Å². The van der Waals surface area contributed by atoms with Crippen molar-refractivity contribution in [2.24, 2.45) is 0 Å². The summed E-state index contributed by atoms with van der Waals surface area (Å²) in [6.45, 7) is 0.658. The molecule has 0 radical (unpaired) electrons. The SMILES string of the molecule is O=C(O)N[C@@H]1CCCC[C@H]1N1CCCS1(O)O. The molecule has 2 aliphatic rings. The largest absolute Gasteiger partial charge is 0.465 e. The van der Waals surface area contributed by atoms with Gasteiger partial charge in [0.15, 0.2) is 0 Å². The fraction of sp³-hybridized carbons (Fsp3) is 0.900. The van der Waals surface area contributed by atoms with E-state index in [2.05, 4.69) is 5.32 Å². The van der Waals surface area contributed by atoms with E-state index in [-0.39, 0.29) is 12.1 Å². The molecule has 100 valence electrons. The first-order valence-electron chi connectivity index (χ1n) is 6.03. The number of nitrogens with one attached hydrogen (secondary N) is 1. The van der Waals surface area contributed by atoms with Crippen LogP contribution in [0.2, 0.25) is 0 Å². The van der Waals surface area contributed by atoms with Crippen LogP contribution in [0.5, 0.6) is 0 Å².